The number of fused-ring (bicyclic) bond motifs is 1. The molecule has 2 aliphatic rings. The first-order chi connectivity index (χ1) is 20.7. The first kappa shape index (κ1) is 31.5. The number of carbonyl (C=O) groups is 1. The number of amides is 1. The fourth-order valence-corrected chi connectivity index (χ4v) is 6.25. The Hall–Kier alpha value is -2.97. The second-order valence-corrected chi connectivity index (χ2v) is 13.3. The van der Waals surface area contributed by atoms with Crippen molar-refractivity contribution in [2.45, 2.75) is 84.5 Å². The Kier molecular flexibility index (Phi) is 10.7. The average Bonchev–Trinajstić information content (AvgIpc) is 3.35. The number of hydrogen-bond acceptors (Lipinski definition) is 6. The zero-order chi connectivity index (χ0) is 30.2. The van der Waals surface area contributed by atoms with E-state index in [1.54, 1.807) is 0 Å². The van der Waals surface area contributed by atoms with Crippen molar-refractivity contribution in [3.8, 4) is 11.5 Å². The number of para-hydroxylation sites is 1. The molecular weight excluding hydrogens is 564 g/mol. The molecule has 8 nitrogen and oxygen atoms in total. The number of piperidine rings is 2. The van der Waals surface area contributed by atoms with E-state index in [2.05, 4.69) is 21.6 Å². The monoisotopic (exact) mass is 610 g/mol. The number of halogens is 1. The van der Waals surface area contributed by atoms with Crippen molar-refractivity contribution in [3.63, 3.8) is 0 Å². The highest BCUT2D eigenvalue weighted by Crippen LogP contribution is 2.29. The normalized spacial score (nSPS) is 18.1. The molecule has 43 heavy (non-hydrogen) atoms. The van der Waals surface area contributed by atoms with E-state index in [4.69, 9.17) is 30.8 Å². The lowest BCUT2D eigenvalue weighted by Crippen LogP contribution is -2.42. The number of nitrogens with zero attached hydrogens (tertiary/aromatic N) is 4. The quantitative estimate of drug-likeness (QED) is 0.223. The van der Waals surface area contributed by atoms with Crippen LogP contribution in [0.1, 0.15) is 71.5 Å². The number of benzene rings is 2. The number of likely N-dealkylation sites (tertiary alicyclic amines) is 2. The van der Waals surface area contributed by atoms with Crippen LogP contribution in [0.2, 0.25) is 5.02 Å². The predicted octanol–water partition coefficient (Wildman–Crippen LogP) is 7.56. The van der Waals surface area contributed by atoms with Crippen molar-refractivity contribution in [2.75, 3.05) is 39.3 Å². The lowest BCUT2D eigenvalue weighted by atomic mass is 9.93. The van der Waals surface area contributed by atoms with Crippen molar-refractivity contribution >= 4 is 28.7 Å². The summed E-state index contributed by atoms with van der Waals surface area (Å²) in [5.74, 6) is 2.90. The van der Waals surface area contributed by atoms with Crippen LogP contribution in [0.3, 0.4) is 0 Å². The Balaban J connectivity index is 1.26. The first-order valence-electron chi connectivity index (χ1n) is 15.9. The summed E-state index contributed by atoms with van der Waals surface area (Å²) in [4.78, 5) is 22.1. The molecule has 0 saturated carbocycles. The van der Waals surface area contributed by atoms with Gasteiger partial charge in [0.2, 0.25) is 0 Å². The van der Waals surface area contributed by atoms with E-state index in [1.807, 2.05) is 56.0 Å². The molecule has 0 N–H and O–H groups in total. The van der Waals surface area contributed by atoms with Crippen LogP contribution in [0.25, 0.3) is 11.0 Å². The van der Waals surface area contributed by atoms with Crippen LogP contribution < -0.4 is 9.47 Å². The summed E-state index contributed by atoms with van der Waals surface area (Å²) in [5.41, 5.74) is 1.46. The molecule has 2 aliphatic heterocycles. The van der Waals surface area contributed by atoms with Crippen molar-refractivity contribution in [2.24, 2.45) is 5.92 Å². The number of hydrogen-bond donors (Lipinski definition) is 0. The zero-order valence-corrected chi connectivity index (χ0v) is 26.8. The molecule has 9 heteroatoms. The van der Waals surface area contributed by atoms with Crippen molar-refractivity contribution in [3.05, 3.63) is 53.3 Å². The highest BCUT2D eigenvalue weighted by Gasteiger charge is 2.27. The lowest BCUT2D eigenvalue weighted by Gasteiger charge is -2.34. The second-order valence-electron chi connectivity index (χ2n) is 12.9. The Morgan fingerprint density at radius 2 is 1.77 bits per heavy atom. The average molecular weight is 611 g/mol. The Labute approximate surface area is 261 Å². The molecule has 0 spiro atoms. The number of carbonyl (C=O) groups excluding carboxylic acids is 1. The molecule has 0 bridgehead atoms. The largest absolute Gasteiger partial charge is 0.490 e. The number of rotatable bonds is 11. The van der Waals surface area contributed by atoms with Gasteiger partial charge in [-0.2, -0.15) is 0 Å². The Bertz CT molecular complexity index is 1330. The Morgan fingerprint density at radius 3 is 2.53 bits per heavy atom. The molecule has 2 aromatic carbocycles. The molecule has 234 valence electrons. The highest BCUT2D eigenvalue weighted by molar-refractivity contribution is 6.30. The van der Waals surface area contributed by atoms with Crippen molar-refractivity contribution in [1.82, 2.24) is 19.4 Å². The highest BCUT2D eigenvalue weighted by atomic mass is 35.5. The van der Waals surface area contributed by atoms with Gasteiger partial charge in [0.1, 0.15) is 41.7 Å². The van der Waals surface area contributed by atoms with Crippen LogP contribution in [0.15, 0.2) is 42.5 Å². The molecule has 5 rings (SSSR count). The maximum Gasteiger partial charge on any atom is 0.410 e. The van der Waals surface area contributed by atoms with Gasteiger partial charge in [-0.15, -0.1) is 0 Å². The van der Waals surface area contributed by atoms with E-state index in [9.17, 15) is 4.79 Å². The van der Waals surface area contributed by atoms with Gasteiger partial charge in [-0.1, -0.05) is 24.1 Å². The van der Waals surface area contributed by atoms with Gasteiger partial charge in [-0.25, -0.2) is 9.78 Å². The van der Waals surface area contributed by atoms with Gasteiger partial charge >= 0.3 is 6.09 Å². The summed E-state index contributed by atoms with van der Waals surface area (Å²) in [6.07, 6.45) is 7.83. The fourth-order valence-electron chi connectivity index (χ4n) is 6.12. The molecule has 0 radical (unpaired) electrons. The lowest BCUT2D eigenvalue weighted by molar-refractivity contribution is 0.0160. The van der Waals surface area contributed by atoms with Crippen LogP contribution >= 0.6 is 11.6 Å². The van der Waals surface area contributed by atoms with Crippen LogP contribution in [0, 0.1) is 5.92 Å². The zero-order valence-electron chi connectivity index (χ0n) is 26.0. The predicted molar refractivity (Wildman–Crippen MR) is 171 cm³/mol. The summed E-state index contributed by atoms with van der Waals surface area (Å²) in [6.45, 7) is 12.3. The van der Waals surface area contributed by atoms with Gasteiger partial charge < -0.3 is 23.7 Å². The summed E-state index contributed by atoms with van der Waals surface area (Å²) in [5, 5.41) is 0.680. The summed E-state index contributed by atoms with van der Waals surface area (Å²) < 4.78 is 20.4. The van der Waals surface area contributed by atoms with Crippen LogP contribution in [-0.4, -0.2) is 70.4 Å². The third kappa shape index (κ3) is 9.02. The van der Waals surface area contributed by atoms with Crippen molar-refractivity contribution < 1.29 is 19.0 Å². The van der Waals surface area contributed by atoms with Gasteiger partial charge in [-0.3, -0.25) is 4.90 Å². The van der Waals surface area contributed by atoms with Gasteiger partial charge in [0.15, 0.2) is 0 Å². The minimum Gasteiger partial charge on any atom is -0.490 e. The number of imidazole rings is 1. The summed E-state index contributed by atoms with van der Waals surface area (Å²) >= 11 is 6.07. The van der Waals surface area contributed by atoms with E-state index < -0.39 is 5.60 Å². The second kappa shape index (κ2) is 14.7. The molecule has 3 aromatic rings. The molecule has 2 fully saturated rings. The number of aryl methyl sites for hydroxylation is 1. The fraction of sp³-hybridized carbons (Fsp3) is 0.588. The van der Waals surface area contributed by atoms with E-state index >= 15 is 0 Å². The van der Waals surface area contributed by atoms with Gasteiger partial charge in [0, 0.05) is 31.2 Å². The SMILES string of the molecule is CC(C)(C)OC(=O)N1CCCC(CCCn2c(COc3ccc(Cl)cc3)nc3c(OCCN4CCCCC4)cccc32)C1. The molecule has 1 aromatic heterocycles. The van der Waals surface area contributed by atoms with Crippen LogP contribution in [0.4, 0.5) is 4.79 Å². The Morgan fingerprint density at radius 1 is 0.977 bits per heavy atom. The maximum absolute atomic E-state index is 12.7. The minimum absolute atomic E-state index is 0.202. The topological polar surface area (TPSA) is 69.1 Å². The molecule has 1 amide bonds. The van der Waals surface area contributed by atoms with Gasteiger partial charge in [0.25, 0.3) is 0 Å². The summed E-state index contributed by atoms with van der Waals surface area (Å²) in [7, 11) is 0. The maximum atomic E-state index is 12.7. The third-order valence-corrected chi connectivity index (χ3v) is 8.53. The molecule has 1 atom stereocenters. The molecule has 0 aliphatic carbocycles. The number of aromatic nitrogens is 2. The molecular formula is C34H47ClN4O4. The smallest absolute Gasteiger partial charge is 0.410 e. The molecule has 3 heterocycles. The first-order valence-corrected chi connectivity index (χ1v) is 16.3. The van der Waals surface area contributed by atoms with Gasteiger partial charge in [-0.05, 0) is 115 Å². The number of ether oxygens (including phenoxy) is 3. The molecule has 1 unspecified atom stereocenters. The standard InChI is InChI=1S/C34H47ClN4O4/c1-34(2,3)43-33(40)38-20-8-10-26(24-38)11-9-21-39-29-12-7-13-30(41-23-22-37-18-5-4-6-19-37)32(29)36-31(39)25-42-28-16-14-27(35)15-17-28/h7,12-17,26H,4-6,8-11,18-25H2,1-3H3. The third-order valence-electron chi connectivity index (χ3n) is 8.28. The van der Waals surface area contributed by atoms with E-state index in [-0.39, 0.29) is 6.09 Å². The minimum atomic E-state index is -0.479. The molecule has 2 saturated heterocycles. The van der Waals surface area contributed by atoms with Crippen molar-refractivity contribution in [1.29, 1.82) is 0 Å². The van der Waals surface area contributed by atoms with Gasteiger partial charge in [0.05, 0.1) is 5.52 Å². The van der Waals surface area contributed by atoms with E-state index in [0.717, 1.165) is 93.3 Å². The van der Waals surface area contributed by atoms with E-state index in [0.29, 0.717) is 24.2 Å². The summed E-state index contributed by atoms with van der Waals surface area (Å²) in [6, 6.07) is 13.6. The van der Waals surface area contributed by atoms with Crippen LogP contribution in [-0.2, 0) is 17.9 Å². The van der Waals surface area contributed by atoms with Crippen LogP contribution in [0.5, 0.6) is 11.5 Å². The van der Waals surface area contributed by atoms with E-state index in [1.165, 1.54) is 19.3 Å².